The van der Waals surface area contributed by atoms with Gasteiger partial charge in [-0.1, -0.05) is 24.9 Å². The Morgan fingerprint density at radius 1 is 1.18 bits per heavy atom. The molecule has 0 bridgehead atoms. The van der Waals surface area contributed by atoms with Gasteiger partial charge in [-0.15, -0.1) is 0 Å². The highest BCUT2D eigenvalue weighted by molar-refractivity contribution is 6.32. The number of hydrogen-bond donors (Lipinski definition) is 2. The van der Waals surface area contributed by atoms with Crippen LogP contribution in [-0.2, 0) is 6.42 Å². The number of ether oxygens (including phenoxy) is 2. The van der Waals surface area contributed by atoms with Crippen molar-refractivity contribution in [1.29, 1.82) is 5.26 Å². The van der Waals surface area contributed by atoms with E-state index in [0.717, 1.165) is 12.0 Å². The fourth-order valence-electron chi connectivity index (χ4n) is 2.56. The quantitative estimate of drug-likeness (QED) is 0.591. The lowest BCUT2D eigenvalue weighted by atomic mass is 10.0. The Balaban J connectivity index is 1.95. The summed E-state index contributed by atoms with van der Waals surface area (Å²) in [4.78, 5) is 11.7. The van der Waals surface area contributed by atoms with Crippen molar-refractivity contribution in [3.63, 3.8) is 0 Å². The van der Waals surface area contributed by atoms with E-state index in [0.29, 0.717) is 34.1 Å². The molecular formula is C21H22ClNO5. The van der Waals surface area contributed by atoms with Gasteiger partial charge >= 0.3 is 0 Å². The first-order chi connectivity index (χ1) is 13.5. The van der Waals surface area contributed by atoms with Gasteiger partial charge in [-0.25, -0.2) is 0 Å². The maximum absolute atomic E-state index is 11.7. The van der Waals surface area contributed by atoms with Gasteiger partial charge in [0.1, 0.15) is 37.4 Å². The predicted molar refractivity (Wildman–Crippen MR) is 105 cm³/mol. The number of aryl methyl sites for hydroxylation is 1. The number of nitriles is 1. The van der Waals surface area contributed by atoms with Crippen molar-refractivity contribution >= 4 is 17.4 Å². The fraction of sp³-hybridized carbons (Fsp3) is 0.333. The average Bonchev–Trinajstić information content (AvgIpc) is 2.71. The summed E-state index contributed by atoms with van der Waals surface area (Å²) in [6.45, 7) is 1.43. The zero-order valence-corrected chi connectivity index (χ0v) is 16.3. The Labute approximate surface area is 168 Å². The van der Waals surface area contributed by atoms with Crippen LogP contribution in [0.5, 0.6) is 11.5 Å². The van der Waals surface area contributed by atoms with Crippen molar-refractivity contribution in [2.75, 3.05) is 19.8 Å². The smallest absolute Gasteiger partial charge is 0.188 e. The predicted octanol–water partition coefficient (Wildman–Crippen LogP) is 3.16. The Bertz CT molecular complexity index is 862. The van der Waals surface area contributed by atoms with E-state index in [-0.39, 0.29) is 19.0 Å². The number of hydrogen-bond acceptors (Lipinski definition) is 6. The molecule has 2 N–H and O–H groups in total. The van der Waals surface area contributed by atoms with E-state index in [4.69, 9.17) is 31.4 Å². The molecule has 2 aromatic carbocycles. The Hall–Kier alpha value is -2.59. The van der Waals surface area contributed by atoms with Gasteiger partial charge in [0.25, 0.3) is 0 Å². The van der Waals surface area contributed by atoms with Crippen LogP contribution in [0.4, 0.5) is 0 Å². The summed E-state index contributed by atoms with van der Waals surface area (Å²) in [5.74, 6) is 0.599. The van der Waals surface area contributed by atoms with Crippen molar-refractivity contribution in [3.8, 4) is 17.6 Å². The number of nitrogens with zero attached hydrogens (tertiary/aromatic N) is 1. The third kappa shape index (κ3) is 5.96. The summed E-state index contributed by atoms with van der Waals surface area (Å²) >= 11 is 6.04. The van der Waals surface area contributed by atoms with E-state index in [1.807, 2.05) is 13.0 Å². The molecule has 0 fully saturated rings. The average molecular weight is 404 g/mol. The number of aliphatic hydroxyl groups is 2. The standard InChI is InChI=1S/C21H22ClNO5/c1-2-3-16-9-15(19(26)11-24)5-7-20(16)27-12-17(25)13-28-21-6-4-14(10-23)8-18(21)22/h4-9,17,24-25H,2-3,11-13H2,1H3. The maximum atomic E-state index is 11.7. The molecule has 2 aromatic rings. The number of rotatable bonds is 10. The molecule has 1 atom stereocenters. The largest absolute Gasteiger partial charge is 0.490 e. The molecule has 0 saturated carbocycles. The van der Waals surface area contributed by atoms with Crippen LogP contribution in [0.3, 0.4) is 0 Å². The normalized spacial score (nSPS) is 11.5. The highest BCUT2D eigenvalue weighted by Gasteiger charge is 2.13. The van der Waals surface area contributed by atoms with Crippen LogP contribution in [0.2, 0.25) is 5.02 Å². The lowest BCUT2D eigenvalue weighted by molar-refractivity contribution is 0.0623. The summed E-state index contributed by atoms with van der Waals surface area (Å²) < 4.78 is 11.2. The van der Waals surface area contributed by atoms with Crippen LogP contribution < -0.4 is 9.47 Å². The van der Waals surface area contributed by atoms with Gasteiger partial charge in [0.15, 0.2) is 5.78 Å². The molecule has 148 valence electrons. The summed E-state index contributed by atoms with van der Waals surface area (Å²) in [6.07, 6.45) is 0.658. The first-order valence-electron chi connectivity index (χ1n) is 8.88. The summed E-state index contributed by atoms with van der Waals surface area (Å²) in [5, 5.41) is 28.3. The molecule has 0 saturated heterocycles. The van der Waals surface area contributed by atoms with E-state index in [1.165, 1.54) is 6.07 Å². The monoisotopic (exact) mass is 403 g/mol. The third-order valence-corrected chi connectivity index (χ3v) is 4.26. The SMILES string of the molecule is CCCc1cc(C(=O)CO)ccc1OCC(O)COc1ccc(C#N)cc1Cl. The number of carbonyl (C=O) groups excluding carboxylic acids is 1. The third-order valence-electron chi connectivity index (χ3n) is 3.97. The fourth-order valence-corrected chi connectivity index (χ4v) is 2.79. The number of carbonyl (C=O) groups is 1. The van der Waals surface area contributed by atoms with Gasteiger partial charge in [-0.3, -0.25) is 4.79 Å². The van der Waals surface area contributed by atoms with Crippen molar-refractivity contribution in [2.24, 2.45) is 0 Å². The Kier molecular flexibility index (Phi) is 8.27. The van der Waals surface area contributed by atoms with Crippen LogP contribution in [0.1, 0.15) is 34.8 Å². The van der Waals surface area contributed by atoms with Gasteiger partial charge in [0.05, 0.1) is 16.7 Å². The van der Waals surface area contributed by atoms with Crippen LogP contribution in [0.25, 0.3) is 0 Å². The molecule has 0 radical (unpaired) electrons. The molecular weight excluding hydrogens is 382 g/mol. The van der Waals surface area contributed by atoms with Gasteiger partial charge in [-0.2, -0.15) is 5.26 Å². The van der Waals surface area contributed by atoms with Gasteiger partial charge in [0.2, 0.25) is 0 Å². The first-order valence-corrected chi connectivity index (χ1v) is 9.26. The van der Waals surface area contributed by atoms with Crippen LogP contribution in [0, 0.1) is 11.3 Å². The minimum Gasteiger partial charge on any atom is -0.490 e. The molecule has 0 aliphatic rings. The van der Waals surface area contributed by atoms with Crippen LogP contribution in [-0.4, -0.2) is 41.9 Å². The van der Waals surface area contributed by atoms with Crippen molar-refractivity contribution < 1.29 is 24.5 Å². The van der Waals surface area contributed by atoms with Crippen molar-refractivity contribution in [1.82, 2.24) is 0 Å². The molecule has 0 amide bonds. The summed E-state index contributed by atoms with van der Waals surface area (Å²) in [7, 11) is 0. The minimum absolute atomic E-state index is 0.00208. The molecule has 1 unspecified atom stereocenters. The van der Waals surface area contributed by atoms with E-state index in [9.17, 15) is 9.90 Å². The minimum atomic E-state index is -0.903. The van der Waals surface area contributed by atoms with Crippen molar-refractivity contribution in [2.45, 2.75) is 25.9 Å². The van der Waals surface area contributed by atoms with E-state index in [1.54, 1.807) is 30.3 Å². The maximum Gasteiger partial charge on any atom is 0.188 e. The van der Waals surface area contributed by atoms with E-state index < -0.39 is 12.7 Å². The molecule has 0 aromatic heterocycles. The number of benzene rings is 2. The number of ketones is 1. The van der Waals surface area contributed by atoms with Gasteiger partial charge < -0.3 is 19.7 Å². The Morgan fingerprint density at radius 2 is 1.86 bits per heavy atom. The lowest BCUT2D eigenvalue weighted by Gasteiger charge is -2.16. The summed E-state index contributed by atoms with van der Waals surface area (Å²) in [5.41, 5.74) is 1.69. The van der Waals surface area contributed by atoms with Gasteiger partial charge in [-0.05, 0) is 48.4 Å². The highest BCUT2D eigenvalue weighted by atomic mass is 35.5. The molecule has 2 rings (SSSR count). The van der Waals surface area contributed by atoms with Crippen molar-refractivity contribution in [3.05, 3.63) is 58.1 Å². The van der Waals surface area contributed by atoms with Gasteiger partial charge in [0, 0.05) is 5.56 Å². The van der Waals surface area contributed by atoms with E-state index >= 15 is 0 Å². The molecule has 28 heavy (non-hydrogen) atoms. The van der Waals surface area contributed by atoms with Crippen LogP contribution in [0.15, 0.2) is 36.4 Å². The zero-order chi connectivity index (χ0) is 20.5. The molecule has 6 nitrogen and oxygen atoms in total. The van der Waals surface area contributed by atoms with Crippen LogP contribution >= 0.6 is 11.6 Å². The van der Waals surface area contributed by atoms with E-state index in [2.05, 4.69) is 0 Å². The number of aliphatic hydroxyl groups excluding tert-OH is 2. The molecule has 0 heterocycles. The summed E-state index contributed by atoms with van der Waals surface area (Å²) in [6, 6.07) is 11.6. The molecule has 7 heteroatoms. The lowest BCUT2D eigenvalue weighted by Crippen LogP contribution is -2.25. The first kappa shape index (κ1) is 21.7. The number of Topliss-reactive ketones (excluding diaryl/α,β-unsaturated/α-hetero) is 1. The second-order valence-electron chi connectivity index (χ2n) is 6.19. The topological polar surface area (TPSA) is 99.8 Å². The second-order valence-corrected chi connectivity index (χ2v) is 6.59. The Morgan fingerprint density at radius 3 is 2.46 bits per heavy atom. The number of halogens is 1. The second kappa shape index (κ2) is 10.7. The molecule has 0 aliphatic carbocycles. The molecule has 0 aliphatic heterocycles. The zero-order valence-electron chi connectivity index (χ0n) is 15.5. The molecule has 0 spiro atoms. The highest BCUT2D eigenvalue weighted by Crippen LogP contribution is 2.26.